The molecule has 84 valence electrons. The molecular formula is C12H12ClNO2. The number of rotatable bonds is 3. The van der Waals surface area contributed by atoms with Gasteiger partial charge in [-0.15, -0.1) is 0 Å². The number of hydrogen-bond acceptors (Lipinski definition) is 3. The molecule has 0 aliphatic heterocycles. The Kier molecular flexibility index (Phi) is 3.15. The van der Waals surface area contributed by atoms with Gasteiger partial charge in [-0.3, -0.25) is 0 Å². The molecule has 4 heteroatoms. The fourth-order valence-electron chi connectivity index (χ4n) is 1.58. The highest BCUT2D eigenvalue weighted by atomic mass is 35.5. The fourth-order valence-corrected chi connectivity index (χ4v) is 1.89. The van der Waals surface area contributed by atoms with Gasteiger partial charge in [-0.05, 0) is 25.1 Å². The van der Waals surface area contributed by atoms with Crippen LogP contribution in [0.5, 0.6) is 11.6 Å². The van der Waals surface area contributed by atoms with Crippen LogP contribution in [0.1, 0.15) is 6.92 Å². The molecule has 2 rings (SSSR count). The van der Waals surface area contributed by atoms with Crippen molar-refractivity contribution < 1.29 is 9.47 Å². The topological polar surface area (TPSA) is 31.4 Å². The van der Waals surface area contributed by atoms with Crippen LogP contribution in [-0.4, -0.2) is 18.7 Å². The quantitative estimate of drug-likeness (QED) is 0.821. The smallest absolute Gasteiger partial charge is 0.221 e. The van der Waals surface area contributed by atoms with Crippen molar-refractivity contribution in [2.24, 2.45) is 0 Å². The minimum Gasteiger partial charge on any atom is -0.495 e. The molecule has 0 amide bonds. The molecule has 1 aromatic heterocycles. The SMILES string of the molecule is CCOc1nccc2c(Cl)c(OC)ccc12. The molecule has 0 radical (unpaired) electrons. The summed E-state index contributed by atoms with van der Waals surface area (Å²) in [6, 6.07) is 5.57. The summed E-state index contributed by atoms with van der Waals surface area (Å²) in [6.45, 7) is 2.50. The van der Waals surface area contributed by atoms with E-state index in [9.17, 15) is 0 Å². The van der Waals surface area contributed by atoms with E-state index in [1.807, 2.05) is 25.1 Å². The van der Waals surface area contributed by atoms with Gasteiger partial charge < -0.3 is 9.47 Å². The van der Waals surface area contributed by atoms with Gasteiger partial charge in [-0.2, -0.15) is 0 Å². The predicted molar refractivity (Wildman–Crippen MR) is 64.5 cm³/mol. The lowest BCUT2D eigenvalue weighted by molar-refractivity contribution is 0.331. The third-order valence-corrected chi connectivity index (χ3v) is 2.70. The molecule has 0 saturated carbocycles. The number of halogens is 1. The first-order valence-corrected chi connectivity index (χ1v) is 5.39. The van der Waals surface area contributed by atoms with Gasteiger partial charge in [0.1, 0.15) is 5.75 Å². The highest BCUT2D eigenvalue weighted by Gasteiger charge is 2.09. The summed E-state index contributed by atoms with van der Waals surface area (Å²) in [5, 5.41) is 2.37. The van der Waals surface area contributed by atoms with E-state index in [-0.39, 0.29) is 0 Å². The normalized spacial score (nSPS) is 10.4. The highest BCUT2D eigenvalue weighted by Crippen LogP contribution is 2.35. The number of fused-ring (bicyclic) bond motifs is 1. The molecule has 0 atom stereocenters. The molecule has 0 bridgehead atoms. The number of hydrogen-bond donors (Lipinski definition) is 0. The van der Waals surface area contributed by atoms with Crippen molar-refractivity contribution in [3.63, 3.8) is 0 Å². The van der Waals surface area contributed by atoms with Crippen LogP contribution in [0.25, 0.3) is 10.8 Å². The summed E-state index contributed by atoms with van der Waals surface area (Å²) in [5.41, 5.74) is 0. The van der Waals surface area contributed by atoms with Gasteiger partial charge in [0.05, 0.1) is 18.7 Å². The van der Waals surface area contributed by atoms with Crippen LogP contribution in [0, 0.1) is 0 Å². The van der Waals surface area contributed by atoms with Gasteiger partial charge in [0, 0.05) is 17.0 Å². The Balaban J connectivity index is 2.67. The van der Waals surface area contributed by atoms with Gasteiger partial charge in [0.25, 0.3) is 0 Å². The van der Waals surface area contributed by atoms with E-state index in [0.717, 1.165) is 10.8 Å². The minimum absolute atomic E-state index is 0.579. The Hall–Kier alpha value is -1.48. The van der Waals surface area contributed by atoms with E-state index in [1.165, 1.54) is 0 Å². The van der Waals surface area contributed by atoms with Crippen LogP contribution in [0.2, 0.25) is 5.02 Å². The van der Waals surface area contributed by atoms with Gasteiger partial charge >= 0.3 is 0 Å². The average Bonchev–Trinajstić information content (AvgIpc) is 2.31. The van der Waals surface area contributed by atoms with E-state index >= 15 is 0 Å². The summed E-state index contributed by atoms with van der Waals surface area (Å²) in [4.78, 5) is 4.17. The molecule has 2 aromatic rings. The van der Waals surface area contributed by atoms with Gasteiger partial charge in [-0.1, -0.05) is 11.6 Å². The molecule has 16 heavy (non-hydrogen) atoms. The molecule has 0 saturated heterocycles. The largest absolute Gasteiger partial charge is 0.495 e. The van der Waals surface area contributed by atoms with E-state index in [2.05, 4.69) is 4.98 Å². The highest BCUT2D eigenvalue weighted by molar-refractivity contribution is 6.37. The summed E-state index contributed by atoms with van der Waals surface area (Å²) in [7, 11) is 1.59. The Bertz CT molecular complexity index is 514. The Labute approximate surface area is 99.0 Å². The number of benzene rings is 1. The monoisotopic (exact) mass is 237 g/mol. The third kappa shape index (κ3) is 1.78. The molecule has 0 aliphatic carbocycles. The standard InChI is InChI=1S/C12H12ClNO2/c1-3-16-12-9-4-5-10(15-2)11(13)8(9)6-7-14-12/h4-7H,3H2,1-2H3. The van der Waals surface area contributed by atoms with Crippen molar-refractivity contribution in [3.8, 4) is 11.6 Å². The lowest BCUT2D eigenvalue weighted by Gasteiger charge is -2.09. The number of aromatic nitrogens is 1. The summed E-state index contributed by atoms with van der Waals surface area (Å²) in [6.07, 6.45) is 1.68. The molecule has 0 aliphatic rings. The van der Waals surface area contributed by atoms with Crippen molar-refractivity contribution in [1.82, 2.24) is 4.98 Å². The maximum absolute atomic E-state index is 6.21. The fraction of sp³-hybridized carbons (Fsp3) is 0.250. The first-order valence-electron chi connectivity index (χ1n) is 5.02. The number of methoxy groups -OCH3 is 1. The van der Waals surface area contributed by atoms with E-state index in [0.29, 0.717) is 23.3 Å². The second-order valence-corrected chi connectivity index (χ2v) is 3.60. The van der Waals surface area contributed by atoms with Crippen molar-refractivity contribution >= 4 is 22.4 Å². The maximum atomic E-state index is 6.21. The first-order chi connectivity index (χ1) is 7.77. The number of ether oxygens (including phenoxy) is 2. The van der Waals surface area contributed by atoms with Crippen LogP contribution < -0.4 is 9.47 Å². The first kappa shape index (κ1) is 11.0. The van der Waals surface area contributed by atoms with Gasteiger partial charge in [-0.25, -0.2) is 4.98 Å². The maximum Gasteiger partial charge on any atom is 0.221 e. The summed E-state index contributed by atoms with van der Waals surface area (Å²) in [5.74, 6) is 1.26. The molecule has 1 aromatic carbocycles. The average molecular weight is 238 g/mol. The molecule has 1 heterocycles. The zero-order chi connectivity index (χ0) is 11.5. The van der Waals surface area contributed by atoms with Crippen LogP contribution in [0.3, 0.4) is 0 Å². The van der Waals surface area contributed by atoms with E-state index < -0.39 is 0 Å². The molecule has 0 N–H and O–H groups in total. The van der Waals surface area contributed by atoms with Crippen LogP contribution in [-0.2, 0) is 0 Å². The summed E-state index contributed by atoms with van der Waals surface area (Å²) >= 11 is 6.21. The molecule has 0 fully saturated rings. The summed E-state index contributed by atoms with van der Waals surface area (Å²) < 4.78 is 10.6. The zero-order valence-electron chi connectivity index (χ0n) is 9.16. The molecule has 0 unspecified atom stereocenters. The van der Waals surface area contributed by atoms with E-state index in [4.69, 9.17) is 21.1 Å². The Morgan fingerprint density at radius 1 is 1.25 bits per heavy atom. The van der Waals surface area contributed by atoms with Crippen molar-refractivity contribution in [2.75, 3.05) is 13.7 Å². The second kappa shape index (κ2) is 4.58. The second-order valence-electron chi connectivity index (χ2n) is 3.23. The van der Waals surface area contributed by atoms with E-state index in [1.54, 1.807) is 13.3 Å². The molecule has 0 spiro atoms. The molecule has 3 nitrogen and oxygen atoms in total. The van der Waals surface area contributed by atoms with Crippen molar-refractivity contribution in [2.45, 2.75) is 6.92 Å². The number of nitrogens with zero attached hydrogens (tertiary/aromatic N) is 1. The number of pyridine rings is 1. The van der Waals surface area contributed by atoms with Crippen molar-refractivity contribution in [3.05, 3.63) is 29.4 Å². The van der Waals surface area contributed by atoms with Gasteiger partial charge in [0.2, 0.25) is 5.88 Å². The Morgan fingerprint density at radius 3 is 2.75 bits per heavy atom. The van der Waals surface area contributed by atoms with Crippen LogP contribution in [0.15, 0.2) is 24.4 Å². The van der Waals surface area contributed by atoms with Gasteiger partial charge in [0.15, 0.2) is 0 Å². The predicted octanol–water partition coefficient (Wildman–Crippen LogP) is 3.30. The molecular weight excluding hydrogens is 226 g/mol. The lowest BCUT2D eigenvalue weighted by Crippen LogP contribution is -1.95. The zero-order valence-corrected chi connectivity index (χ0v) is 9.91. The lowest BCUT2D eigenvalue weighted by atomic mass is 10.1. The Morgan fingerprint density at radius 2 is 2.06 bits per heavy atom. The van der Waals surface area contributed by atoms with Crippen LogP contribution in [0.4, 0.5) is 0 Å². The van der Waals surface area contributed by atoms with Crippen LogP contribution >= 0.6 is 11.6 Å². The third-order valence-electron chi connectivity index (χ3n) is 2.31. The minimum atomic E-state index is 0.579. The van der Waals surface area contributed by atoms with Crippen molar-refractivity contribution in [1.29, 1.82) is 0 Å².